The highest BCUT2D eigenvalue weighted by molar-refractivity contribution is 7.14. The second-order valence-corrected chi connectivity index (χ2v) is 5.78. The van der Waals surface area contributed by atoms with Crippen molar-refractivity contribution in [3.8, 4) is 11.3 Å². The summed E-state index contributed by atoms with van der Waals surface area (Å²) >= 11 is 1.46. The largest absolute Gasteiger partial charge is 0.302 e. The summed E-state index contributed by atoms with van der Waals surface area (Å²) in [4.78, 5) is 16.4. The highest BCUT2D eigenvalue weighted by Crippen LogP contribution is 2.25. The second-order valence-electron chi connectivity index (χ2n) is 4.93. The molecule has 100 valence electrons. The van der Waals surface area contributed by atoms with Crippen molar-refractivity contribution >= 4 is 22.4 Å². The van der Waals surface area contributed by atoms with E-state index in [1.54, 1.807) is 0 Å². The zero-order valence-electron chi connectivity index (χ0n) is 11.4. The van der Waals surface area contributed by atoms with Gasteiger partial charge in [-0.2, -0.15) is 0 Å². The summed E-state index contributed by atoms with van der Waals surface area (Å²) in [7, 11) is 0. The molecule has 0 bridgehead atoms. The molecule has 2 aromatic rings. The molecule has 1 amide bonds. The topological polar surface area (TPSA) is 42.0 Å². The first kappa shape index (κ1) is 13.7. The number of carbonyl (C=O) groups is 1. The highest BCUT2D eigenvalue weighted by Gasteiger charge is 2.17. The van der Waals surface area contributed by atoms with Crippen LogP contribution in [0.5, 0.6) is 0 Å². The number of carbonyl (C=O) groups excluding carboxylic acids is 1. The van der Waals surface area contributed by atoms with Gasteiger partial charge in [0.05, 0.1) is 5.69 Å². The molecule has 0 unspecified atom stereocenters. The first-order chi connectivity index (χ1) is 9.08. The van der Waals surface area contributed by atoms with Crippen molar-refractivity contribution in [2.24, 2.45) is 11.8 Å². The van der Waals surface area contributed by atoms with Crippen molar-refractivity contribution in [1.29, 1.82) is 0 Å². The quantitative estimate of drug-likeness (QED) is 0.914. The number of hydrogen-bond acceptors (Lipinski definition) is 3. The molecule has 4 heteroatoms. The number of hydrogen-bond donors (Lipinski definition) is 1. The number of benzene rings is 1. The molecule has 1 aromatic carbocycles. The number of aromatic nitrogens is 1. The molecule has 0 aliphatic rings. The molecule has 1 N–H and O–H groups in total. The van der Waals surface area contributed by atoms with Gasteiger partial charge < -0.3 is 5.32 Å². The van der Waals surface area contributed by atoms with Gasteiger partial charge in [0.2, 0.25) is 5.91 Å². The van der Waals surface area contributed by atoms with Gasteiger partial charge in [-0.25, -0.2) is 4.98 Å². The van der Waals surface area contributed by atoms with Crippen LogP contribution < -0.4 is 5.32 Å². The normalized spacial score (nSPS) is 12.4. The summed E-state index contributed by atoms with van der Waals surface area (Å²) in [6, 6.07) is 9.96. The maximum absolute atomic E-state index is 12.0. The molecule has 0 saturated carbocycles. The number of nitrogens with zero attached hydrogens (tertiary/aromatic N) is 1. The van der Waals surface area contributed by atoms with Crippen molar-refractivity contribution < 1.29 is 4.79 Å². The maximum Gasteiger partial charge on any atom is 0.229 e. The van der Waals surface area contributed by atoms with Crippen LogP contribution in [0.2, 0.25) is 0 Å². The molecule has 0 spiro atoms. The van der Waals surface area contributed by atoms with Crippen molar-refractivity contribution in [1.82, 2.24) is 4.98 Å². The Bertz CT molecular complexity index is 548. The van der Waals surface area contributed by atoms with Crippen LogP contribution in [0.25, 0.3) is 11.3 Å². The summed E-state index contributed by atoms with van der Waals surface area (Å²) in [5, 5.41) is 5.51. The van der Waals surface area contributed by atoms with Gasteiger partial charge in [0.15, 0.2) is 5.13 Å². The van der Waals surface area contributed by atoms with Gasteiger partial charge in [-0.1, -0.05) is 51.1 Å². The minimum absolute atomic E-state index is 0.0101. The Hall–Kier alpha value is -1.68. The molecule has 0 saturated heterocycles. The van der Waals surface area contributed by atoms with Gasteiger partial charge in [0, 0.05) is 16.9 Å². The van der Waals surface area contributed by atoms with Crippen LogP contribution in [0.3, 0.4) is 0 Å². The van der Waals surface area contributed by atoms with Crippen molar-refractivity contribution in [2.45, 2.75) is 20.8 Å². The fourth-order valence-electron chi connectivity index (χ4n) is 1.59. The number of rotatable bonds is 4. The average molecular weight is 274 g/mol. The lowest BCUT2D eigenvalue weighted by molar-refractivity contribution is -0.120. The van der Waals surface area contributed by atoms with Crippen LogP contribution in [0.15, 0.2) is 35.7 Å². The highest BCUT2D eigenvalue weighted by atomic mass is 32.1. The maximum atomic E-state index is 12.0. The molecule has 0 aliphatic heterocycles. The van der Waals surface area contributed by atoms with E-state index in [9.17, 15) is 4.79 Å². The Labute approximate surface area is 117 Å². The second kappa shape index (κ2) is 5.97. The Morgan fingerprint density at radius 2 is 1.89 bits per heavy atom. The predicted octanol–water partition coefficient (Wildman–Crippen LogP) is 4.04. The van der Waals surface area contributed by atoms with Crippen LogP contribution in [0.1, 0.15) is 20.8 Å². The molecule has 1 atom stereocenters. The van der Waals surface area contributed by atoms with E-state index in [0.29, 0.717) is 11.0 Å². The van der Waals surface area contributed by atoms with Crippen molar-refractivity contribution in [3.63, 3.8) is 0 Å². The summed E-state index contributed by atoms with van der Waals surface area (Å²) in [6.07, 6.45) is 0. The lowest BCUT2D eigenvalue weighted by atomic mass is 9.97. The van der Waals surface area contributed by atoms with Crippen LogP contribution in [-0.4, -0.2) is 10.9 Å². The number of anilines is 1. The SMILES string of the molecule is CC(C)[C@H](C)C(=O)Nc1nc(-c2ccccc2)cs1. The number of amides is 1. The summed E-state index contributed by atoms with van der Waals surface area (Å²) in [5.74, 6) is 0.349. The van der Waals surface area contributed by atoms with E-state index in [-0.39, 0.29) is 11.8 Å². The Morgan fingerprint density at radius 3 is 2.53 bits per heavy atom. The fraction of sp³-hybridized carbons (Fsp3) is 0.333. The van der Waals surface area contributed by atoms with E-state index in [0.717, 1.165) is 11.3 Å². The lowest BCUT2D eigenvalue weighted by Gasteiger charge is -2.13. The first-order valence-corrected chi connectivity index (χ1v) is 7.27. The molecule has 1 heterocycles. The lowest BCUT2D eigenvalue weighted by Crippen LogP contribution is -2.24. The van der Waals surface area contributed by atoms with Crippen LogP contribution >= 0.6 is 11.3 Å². The minimum atomic E-state index is -0.0101. The Morgan fingerprint density at radius 1 is 1.21 bits per heavy atom. The van der Waals surface area contributed by atoms with Gasteiger partial charge in [-0.15, -0.1) is 11.3 Å². The van der Waals surface area contributed by atoms with Crippen molar-refractivity contribution in [2.75, 3.05) is 5.32 Å². The van der Waals surface area contributed by atoms with Crippen LogP contribution in [0.4, 0.5) is 5.13 Å². The van der Waals surface area contributed by atoms with E-state index in [4.69, 9.17) is 0 Å². The third kappa shape index (κ3) is 3.41. The monoisotopic (exact) mass is 274 g/mol. The van der Waals surface area contributed by atoms with E-state index in [2.05, 4.69) is 10.3 Å². The Balaban J connectivity index is 2.08. The number of thiazole rings is 1. The molecule has 1 aromatic heterocycles. The van der Waals surface area contributed by atoms with Gasteiger partial charge in [-0.05, 0) is 5.92 Å². The first-order valence-electron chi connectivity index (χ1n) is 6.39. The zero-order valence-corrected chi connectivity index (χ0v) is 12.2. The van der Waals surface area contributed by atoms with E-state index in [1.165, 1.54) is 11.3 Å². The van der Waals surface area contributed by atoms with Gasteiger partial charge in [0.1, 0.15) is 0 Å². The van der Waals surface area contributed by atoms with Crippen LogP contribution in [-0.2, 0) is 4.79 Å². The molecule has 0 aliphatic carbocycles. The fourth-order valence-corrected chi connectivity index (χ4v) is 2.32. The molecule has 0 fully saturated rings. The van der Waals surface area contributed by atoms with E-state index in [1.807, 2.05) is 56.5 Å². The molecule has 2 rings (SSSR count). The standard InChI is InChI=1S/C15H18N2OS/c1-10(2)11(3)14(18)17-15-16-13(9-19-15)12-7-5-4-6-8-12/h4-11H,1-3H3,(H,16,17,18)/t11-/m0/s1. The molecule has 0 radical (unpaired) electrons. The number of nitrogens with one attached hydrogen (secondary N) is 1. The minimum Gasteiger partial charge on any atom is -0.302 e. The van der Waals surface area contributed by atoms with Crippen molar-refractivity contribution in [3.05, 3.63) is 35.7 Å². The summed E-state index contributed by atoms with van der Waals surface area (Å²) < 4.78 is 0. The predicted molar refractivity (Wildman–Crippen MR) is 80.2 cm³/mol. The van der Waals surface area contributed by atoms with Gasteiger partial charge >= 0.3 is 0 Å². The molecule has 19 heavy (non-hydrogen) atoms. The molecular weight excluding hydrogens is 256 g/mol. The Kier molecular flexibility index (Phi) is 4.32. The third-order valence-corrected chi connectivity index (χ3v) is 3.98. The van der Waals surface area contributed by atoms with E-state index >= 15 is 0 Å². The van der Waals surface area contributed by atoms with Gasteiger partial charge in [0.25, 0.3) is 0 Å². The van der Waals surface area contributed by atoms with Crippen LogP contribution in [0, 0.1) is 11.8 Å². The zero-order chi connectivity index (χ0) is 13.8. The summed E-state index contributed by atoms with van der Waals surface area (Å²) in [5.41, 5.74) is 1.97. The van der Waals surface area contributed by atoms with E-state index < -0.39 is 0 Å². The summed E-state index contributed by atoms with van der Waals surface area (Å²) in [6.45, 7) is 6.02. The average Bonchev–Trinajstić information content (AvgIpc) is 2.87. The molecule has 3 nitrogen and oxygen atoms in total. The van der Waals surface area contributed by atoms with Gasteiger partial charge in [-0.3, -0.25) is 4.79 Å². The smallest absolute Gasteiger partial charge is 0.229 e. The molecular formula is C15H18N2OS. The third-order valence-electron chi connectivity index (χ3n) is 3.22.